The standard InChI is InChI=1S/C3H8O.C2H4O2.C2H6O.C2H4/c1-2-3-4;1-2(3)4;1-2-3;1-2/h4H,2-3H2,1H3;1H3,(H,3,4);3H,2H2,1H3;1-2H2. The maximum absolute atomic E-state index is 9.00. The molecule has 0 aromatic rings. The van der Waals surface area contributed by atoms with Gasteiger partial charge in [-0.1, -0.05) is 6.92 Å². The zero-order chi connectivity index (χ0) is 11.7. The van der Waals surface area contributed by atoms with E-state index < -0.39 is 5.97 Å². The van der Waals surface area contributed by atoms with Crippen LogP contribution in [0, 0.1) is 0 Å². The lowest BCUT2D eigenvalue weighted by Gasteiger charge is -1.69. The molecule has 0 amide bonds. The lowest BCUT2D eigenvalue weighted by molar-refractivity contribution is -0.134. The number of aliphatic carboxylic acids is 1. The highest BCUT2D eigenvalue weighted by atomic mass is 16.4. The minimum atomic E-state index is -0.833. The topological polar surface area (TPSA) is 77.8 Å². The summed E-state index contributed by atoms with van der Waals surface area (Å²) < 4.78 is 0. The van der Waals surface area contributed by atoms with Crippen molar-refractivity contribution < 1.29 is 20.1 Å². The van der Waals surface area contributed by atoms with E-state index in [0.717, 1.165) is 13.3 Å². The zero-order valence-corrected chi connectivity index (χ0v) is 8.79. The Morgan fingerprint density at radius 1 is 1.23 bits per heavy atom. The van der Waals surface area contributed by atoms with E-state index in [4.69, 9.17) is 20.1 Å². The molecule has 3 N–H and O–H groups in total. The van der Waals surface area contributed by atoms with Crippen LogP contribution in [0.15, 0.2) is 13.2 Å². The van der Waals surface area contributed by atoms with Crippen LogP contribution < -0.4 is 0 Å². The van der Waals surface area contributed by atoms with Crippen molar-refractivity contribution in [3.05, 3.63) is 13.2 Å². The lowest BCUT2D eigenvalue weighted by Crippen LogP contribution is -1.78. The second-order valence-electron chi connectivity index (χ2n) is 1.56. The van der Waals surface area contributed by atoms with E-state index in [1.165, 1.54) is 0 Å². The maximum Gasteiger partial charge on any atom is 0.300 e. The predicted octanol–water partition coefficient (Wildman–Crippen LogP) is 1.28. The van der Waals surface area contributed by atoms with E-state index in [2.05, 4.69) is 13.2 Å². The molecule has 0 saturated carbocycles. The van der Waals surface area contributed by atoms with Crippen LogP contribution in [0.1, 0.15) is 27.2 Å². The molecule has 0 aliphatic carbocycles. The smallest absolute Gasteiger partial charge is 0.300 e. The van der Waals surface area contributed by atoms with Gasteiger partial charge in [0.1, 0.15) is 0 Å². The number of carbonyl (C=O) groups is 1. The minimum Gasteiger partial charge on any atom is -0.481 e. The van der Waals surface area contributed by atoms with Crippen molar-refractivity contribution in [1.29, 1.82) is 0 Å². The van der Waals surface area contributed by atoms with E-state index in [0.29, 0.717) is 6.61 Å². The predicted molar refractivity (Wildman–Crippen MR) is 54.7 cm³/mol. The molecule has 0 aromatic carbocycles. The molecule has 0 atom stereocenters. The monoisotopic (exact) mass is 194 g/mol. The molecule has 0 saturated heterocycles. The van der Waals surface area contributed by atoms with Crippen molar-refractivity contribution in [1.82, 2.24) is 0 Å². The van der Waals surface area contributed by atoms with Gasteiger partial charge in [0.2, 0.25) is 0 Å². The first kappa shape index (κ1) is 22.7. The Morgan fingerprint density at radius 3 is 1.31 bits per heavy atom. The normalized spacial score (nSPS) is 5.92. The molecule has 0 heterocycles. The number of hydrogen-bond donors (Lipinski definition) is 3. The molecule has 0 aliphatic heterocycles. The Bertz CT molecular complexity index is 68.0. The Kier molecular flexibility index (Phi) is 75.9. The Morgan fingerprint density at radius 2 is 1.31 bits per heavy atom. The molecule has 0 aromatic heterocycles. The first-order chi connectivity index (χ1) is 6.06. The van der Waals surface area contributed by atoms with Gasteiger partial charge in [0.25, 0.3) is 5.97 Å². The van der Waals surface area contributed by atoms with Gasteiger partial charge in [-0.2, -0.15) is 0 Å². The first-order valence-electron chi connectivity index (χ1n) is 3.97. The van der Waals surface area contributed by atoms with Crippen LogP contribution in [0.2, 0.25) is 0 Å². The second kappa shape index (κ2) is 43.4. The number of aliphatic hydroxyl groups is 2. The van der Waals surface area contributed by atoms with Crippen molar-refractivity contribution in [2.45, 2.75) is 27.2 Å². The summed E-state index contributed by atoms with van der Waals surface area (Å²) in [6, 6.07) is 0. The molecular formula is C9H22O4. The number of rotatable bonds is 1. The summed E-state index contributed by atoms with van der Waals surface area (Å²) >= 11 is 0. The Labute approximate surface area is 80.5 Å². The molecule has 0 rings (SSSR count). The first-order valence-corrected chi connectivity index (χ1v) is 3.97. The fourth-order valence-corrected chi connectivity index (χ4v) is 0. The largest absolute Gasteiger partial charge is 0.481 e. The summed E-state index contributed by atoms with van der Waals surface area (Å²) in [5.41, 5.74) is 0. The highest BCUT2D eigenvalue weighted by Crippen LogP contribution is 1.61. The quantitative estimate of drug-likeness (QED) is 0.549. The summed E-state index contributed by atoms with van der Waals surface area (Å²) in [5, 5.41) is 22.9. The van der Waals surface area contributed by atoms with Gasteiger partial charge in [0.15, 0.2) is 0 Å². The van der Waals surface area contributed by atoms with Crippen LogP contribution in [-0.4, -0.2) is 34.5 Å². The zero-order valence-electron chi connectivity index (χ0n) is 8.79. The third-order valence-electron chi connectivity index (χ3n) is 0.224. The van der Waals surface area contributed by atoms with Crippen LogP contribution in [-0.2, 0) is 4.79 Å². The highest BCUT2D eigenvalue weighted by Gasteiger charge is 1.65. The van der Waals surface area contributed by atoms with Crippen LogP contribution in [0.3, 0.4) is 0 Å². The number of aliphatic hydroxyl groups excluding tert-OH is 2. The van der Waals surface area contributed by atoms with Crippen LogP contribution in [0.25, 0.3) is 0 Å². The van der Waals surface area contributed by atoms with Crippen molar-refractivity contribution in [3.63, 3.8) is 0 Å². The molecule has 0 bridgehead atoms. The van der Waals surface area contributed by atoms with Crippen LogP contribution in [0.4, 0.5) is 0 Å². The summed E-state index contributed by atoms with van der Waals surface area (Å²) in [7, 11) is 0. The SMILES string of the molecule is C=C.CC(=O)O.CCCO.CCO. The average Bonchev–Trinajstić information content (AvgIpc) is 2.08. The Hall–Kier alpha value is -0.870. The van der Waals surface area contributed by atoms with Gasteiger partial charge in [-0.15, -0.1) is 13.2 Å². The van der Waals surface area contributed by atoms with Gasteiger partial charge < -0.3 is 15.3 Å². The number of carboxylic acids is 1. The molecule has 0 aliphatic rings. The molecule has 0 radical (unpaired) electrons. The van der Waals surface area contributed by atoms with E-state index in [9.17, 15) is 0 Å². The van der Waals surface area contributed by atoms with Gasteiger partial charge in [-0.3, -0.25) is 4.79 Å². The summed E-state index contributed by atoms with van der Waals surface area (Å²) in [5.74, 6) is -0.833. The lowest BCUT2D eigenvalue weighted by atomic mass is 10.5. The molecule has 4 nitrogen and oxygen atoms in total. The average molecular weight is 194 g/mol. The number of hydrogen-bond acceptors (Lipinski definition) is 3. The molecule has 0 unspecified atom stereocenters. The molecule has 0 spiro atoms. The van der Waals surface area contributed by atoms with Crippen molar-refractivity contribution >= 4 is 5.97 Å². The summed E-state index contributed by atoms with van der Waals surface area (Å²) in [6.07, 6.45) is 0.875. The highest BCUT2D eigenvalue weighted by molar-refractivity contribution is 5.62. The fourth-order valence-electron chi connectivity index (χ4n) is 0. The second-order valence-corrected chi connectivity index (χ2v) is 1.56. The van der Waals surface area contributed by atoms with Crippen molar-refractivity contribution in [2.24, 2.45) is 0 Å². The fraction of sp³-hybridized carbons (Fsp3) is 0.667. The molecular weight excluding hydrogens is 172 g/mol. The van der Waals surface area contributed by atoms with Crippen LogP contribution >= 0.6 is 0 Å². The van der Waals surface area contributed by atoms with Crippen LogP contribution in [0.5, 0.6) is 0 Å². The van der Waals surface area contributed by atoms with Gasteiger partial charge >= 0.3 is 0 Å². The maximum atomic E-state index is 9.00. The van der Waals surface area contributed by atoms with Crippen molar-refractivity contribution in [3.8, 4) is 0 Å². The third-order valence-corrected chi connectivity index (χ3v) is 0.224. The Balaban J connectivity index is -0.0000000431. The van der Waals surface area contributed by atoms with Gasteiger partial charge in [-0.05, 0) is 13.3 Å². The number of carboxylic acid groups (broad SMARTS) is 1. The minimum absolute atomic E-state index is 0.250. The molecule has 13 heavy (non-hydrogen) atoms. The molecule has 82 valence electrons. The van der Waals surface area contributed by atoms with E-state index >= 15 is 0 Å². The molecule has 0 fully saturated rings. The molecule has 4 heteroatoms. The summed E-state index contributed by atoms with van der Waals surface area (Å²) in [6.45, 7) is 11.3. The summed E-state index contributed by atoms with van der Waals surface area (Å²) in [4.78, 5) is 9.00. The third kappa shape index (κ3) is 54900. The van der Waals surface area contributed by atoms with E-state index in [-0.39, 0.29) is 6.61 Å². The van der Waals surface area contributed by atoms with E-state index in [1.807, 2.05) is 6.92 Å². The van der Waals surface area contributed by atoms with E-state index in [1.54, 1.807) is 6.92 Å². The van der Waals surface area contributed by atoms with Gasteiger partial charge in [0.05, 0.1) is 0 Å². The van der Waals surface area contributed by atoms with Crippen molar-refractivity contribution in [2.75, 3.05) is 13.2 Å². The van der Waals surface area contributed by atoms with Gasteiger partial charge in [-0.25, -0.2) is 0 Å². The van der Waals surface area contributed by atoms with Gasteiger partial charge in [0, 0.05) is 20.1 Å².